The van der Waals surface area contributed by atoms with Crippen LogP contribution in [0.25, 0.3) is 22.2 Å². The zero-order valence-electron chi connectivity index (χ0n) is 14.2. The number of amides is 1. The summed E-state index contributed by atoms with van der Waals surface area (Å²) in [6.07, 6.45) is 2.19. The third-order valence-electron chi connectivity index (χ3n) is 4.62. The van der Waals surface area contributed by atoms with E-state index < -0.39 is 0 Å². The molecule has 3 aromatic rings. The number of pyridine rings is 1. The highest BCUT2D eigenvalue weighted by Crippen LogP contribution is 2.26. The first-order chi connectivity index (χ1) is 12.7. The molecule has 26 heavy (non-hydrogen) atoms. The maximum atomic E-state index is 12.9. The molecular formula is C21H19BrN2O2. The standard InChI is InChI=1S/C21H19BrN2O2/c22-15-9-7-14(8-10-15)20-12-18(17-5-1-2-6-19(17)24-20)21(25)23-13-16-4-3-11-26-16/h1-2,5-10,12,16H,3-4,11,13H2,(H,23,25). The van der Waals surface area contributed by atoms with Crippen molar-refractivity contribution in [1.29, 1.82) is 0 Å². The Kier molecular flexibility index (Phi) is 5.00. The van der Waals surface area contributed by atoms with Crippen LogP contribution in [0.2, 0.25) is 0 Å². The number of carbonyl (C=O) groups is 1. The van der Waals surface area contributed by atoms with Crippen molar-refractivity contribution in [3.63, 3.8) is 0 Å². The normalized spacial score (nSPS) is 16.7. The van der Waals surface area contributed by atoms with Gasteiger partial charge in [-0.15, -0.1) is 0 Å². The highest BCUT2D eigenvalue weighted by molar-refractivity contribution is 9.10. The number of aromatic nitrogens is 1. The van der Waals surface area contributed by atoms with Crippen LogP contribution in [-0.2, 0) is 4.74 Å². The summed E-state index contributed by atoms with van der Waals surface area (Å²) in [5.74, 6) is -0.0857. The van der Waals surface area contributed by atoms with Gasteiger partial charge in [0, 0.05) is 28.6 Å². The summed E-state index contributed by atoms with van der Waals surface area (Å²) < 4.78 is 6.61. The largest absolute Gasteiger partial charge is 0.376 e. The number of fused-ring (bicyclic) bond motifs is 1. The first-order valence-corrected chi connectivity index (χ1v) is 9.55. The number of nitrogens with one attached hydrogen (secondary N) is 1. The summed E-state index contributed by atoms with van der Waals surface area (Å²) in [6, 6.07) is 17.6. The van der Waals surface area contributed by atoms with Crippen LogP contribution < -0.4 is 5.32 Å². The Morgan fingerprint density at radius 1 is 1.19 bits per heavy atom. The van der Waals surface area contributed by atoms with E-state index in [1.165, 1.54) is 0 Å². The first-order valence-electron chi connectivity index (χ1n) is 8.76. The number of hydrogen-bond donors (Lipinski definition) is 1. The number of hydrogen-bond acceptors (Lipinski definition) is 3. The highest BCUT2D eigenvalue weighted by atomic mass is 79.9. The van der Waals surface area contributed by atoms with Gasteiger partial charge in [-0.25, -0.2) is 4.98 Å². The van der Waals surface area contributed by atoms with Crippen molar-refractivity contribution >= 4 is 32.7 Å². The summed E-state index contributed by atoms with van der Waals surface area (Å²) in [5, 5.41) is 3.88. The Hall–Kier alpha value is -2.24. The van der Waals surface area contributed by atoms with E-state index in [2.05, 4.69) is 21.2 Å². The molecule has 1 atom stereocenters. The zero-order valence-corrected chi connectivity index (χ0v) is 15.8. The molecule has 0 saturated carbocycles. The van der Waals surface area contributed by atoms with E-state index in [1.807, 2.05) is 54.6 Å². The number of halogens is 1. The van der Waals surface area contributed by atoms with E-state index in [4.69, 9.17) is 9.72 Å². The molecule has 0 bridgehead atoms. The van der Waals surface area contributed by atoms with Gasteiger partial charge >= 0.3 is 0 Å². The van der Waals surface area contributed by atoms with Crippen molar-refractivity contribution in [2.75, 3.05) is 13.2 Å². The van der Waals surface area contributed by atoms with Gasteiger partial charge in [0.2, 0.25) is 0 Å². The number of nitrogens with zero attached hydrogens (tertiary/aromatic N) is 1. The fourth-order valence-electron chi connectivity index (χ4n) is 3.24. The molecule has 1 amide bonds. The summed E-state index contributed by atoms with van der Waals surface area (Å²) in [5.41, 5.74) is 3.23. The van der Waals surface area contributed by atoms with Crippen LogP contribution in [0, 0.1) is 0 Å². The van der Waals surface area contributed by atoms with Crippen LogP contribution in [0.3, 0.4) is 0 Å². The van der Waals surface area contributed by atoms with Gasteiger partial charge in [-0.2, -0.15) is 0 Å². The molecule has 1 aliphatic rings. The molecule has 1 aliphatic heterocycles. The second kappa shape index (κ2) is 7.56. The molecule has 2 heterocycles. The quantitative estimate of drug-likeness (QED) is 0.684. The van der Waals surface area contributed by atoms with E-state index in [0.717, 1.165) is 46.1 Å². The predicted molar refractivity (Wildman–Crippen MR) is 106 cm³/mol. The summed E-state index contributed by atoms with van der Waals surface area (Å²) in [7, 11) is 0. The molecule has 1 aromatic heterocycles. The van der Waals surface area contributed by atoms with Crippen LogP contribution in [-0.4, -0.2) is 30.1 Å². The number of carbonyl (C=O) groups excluding carboxylic acids is 1. The van der Waals surface area contributed by atoms with Crippen LogP contribution in [0.4, 0.5) is 0 Å². The summed E-state index contributed by atoms with van der Waals surface area (Å²) in [4.78, 5) is 17.6. The lowest BCUT2D eigenvalue weighted by molar-refractivity contribution is 0.0859. The van der Waals surface area contributed by atoms with Gasteiger partial charge in [0.05, 0.1) is 22.9 Å². The Labute approximate surface area is 160 Å². The van der Waals surface area contributed by atoms with E-state index in [1.54, 1.807) is 0 Å². The maximum absolute atomic E-state index is 12.9. The van der Waals surface area contributed by atoms with Gasteiger partial charge < -0.3 is 10.1 Å². The maximum Gasteiger partial charge on any atom is 0.252 e. The molecule has 1 unspecified atom stereocenters. The van der Waals surface area contributed by atoms with Crippen molar-refractivity contribution in [2.45, 2.75) is 18.9 Å². The van der Waals surface area contributed by atoms with Gasteiger partial charge in [0.15, 0.2) is 0 Å². The minimum atomic E-state index is -0.0857. The average Bonchev–Trinajstić information content (AvgIpc) is 3.19. The lowest BCUT2D eigenvalue weighted by Crippen LogP contribution is -2.31. The highest BCUT2D eigenvalue weighted by Gasteiger charge is 2.18. The smallest absolute Gasteiger partial charge is 0.252 e. The minimum Gasteiger partial charge on any atom is -0.376 e. The molecule has 1 saturated heterocycles. The summed E-state index contributed by atoms with van der Waals surface area (Å²) >= 11 is 3.45. The Morgan fingerprint density at radius 2 is 2.00 bits per heavy atom. The Balaban J connectivity index is 1.69. The van der Waals surface area contributed by atoms with Gasteiger partial charge in [0.25, 0.3) is 5.91 Å². The molecule has 1 fully saturated rings. The van der Waals surface area contributed by atoms with Crippen molar-refractivity contribution in [3.8, 4) is 11.3 Å². The average molecular weight is 411 g/mol. The van der Waals surface area contributed by atoms with Crippen molar-refractivity contribution in [2.24, 2.45) is 0 Å². The van der Waals surface area contributed by atoms with Crippen molar-refractivity contribution in [3.05, 3.63) is 64.6 Å². The van der Waals surface area contributed by atoms with Crippen molar-refractivity contribution < 1.29 is 9.53 Å². The first kappa shape index (κ1) is 17.2. The molecule has 0 aliphatic carbocycles. The van der Waals surface area contributed by atoms with Gasteiger partial charge in [0.1, 0.15) is 0 Å². The second-order valence-corrected chi connectivity index (χ2v) is 7.34. The molecule has 0 spiro atoms. The van der Waals surface area contributed by atoms with Crippen LogP contribution in [0.15, 0.2) is 59.1 Å². The zero-order chi connectivity index (χ0) is 17.9. The van der Waals surface area contributed by atoms with E-state index in [-0.39, 0.29) is 12.0 Å². The fraction of sp³-hybridized carbons (Fsp3) is 0.238. The molecule has 0 radical (unpaired) electrons. The third kappa shape index (κ3) is 3.64. The molecular weight excluding hydrogens is 392 g/mol. The minimum absolute atomic E-state index is 0.0857. The van der Waals surface area contributed by atoms with Crippen LogP contribution in [0.1, 0.15) is 23.2 Å². The van der Waals surface area contributed by atoms with Gasteiger partial charge in [-0.3, -0.25) is 4.79 Å². The second-order valence-electron chi connectivity index (χ2n) is 6.42. The molecule has 2 aromatic carbocycles. The molecule has 4 nitrogen and oxygen atoms in total. The van der Waals surface area contributed by atoms with Crippen LogP contribution >= 0.6 is 15.9 Å². The SMILES string of the molecule is O=C(NCC1CCCO1)c1cc(-c2ccc(Br)cc2)nc2ccccc12. The fourth-order valence-corrected chi connectivity index (χ4v) is 3.50. The molecule has 1 N–H and O–H groups in total. The third-order valence-corrected chi connectivity index (χ3v) is 5.14. The number of ether oxygens (including phenoxy) is 1. The summed E-state index contributed by atoms with van der Waals surface area (Å²) in [6.45, 7) is 1.33. The number of benzene rings is 2. The molecule has 5 heteroatoms. The van der Waals surface area contributed by atoms with E-state index >= 15 is 0 Å². The molecule has 4 rings (SSSR count). The lowest BCUT2D eigenvalue weighted by Gasteiger charge is -2.13. The Bertz CT molecular complexity index is 934. The number of para-hydroxylation sites is 1. The number of rotatable bonds is 4. The molecule has 132 valence electrons. The van der Waals surface area contributed by atoms with Crippen LogP contribution in [0.5, 0.6) is 0 Å². The van der Waals surface area contributed by atoms with Crippen molar-refractivity contribution in [1.82, 2.24) is 10.3 Å². The predicted octanol–water partition coefficient (Wildman–Crippen LogP) is 4.57. The lowest BCUT2D eigenvalue weighted by atomic mass is 10.0. The monoisotopic (exact) mass is 410 g/mol. The van der Waals surface area contributed by atoms with E-state index in [0.29, 0.717) is 12.1 Å². The van der Waals surface area contributed by atoms with Gasteiger partial charge in [-0.1, -0.05) is 46.3 Å². The topological polar surface area (TPSA) is 51.2 Å². The van der Waals surface area contributed by atoms with Gasteiger partial charge in [-0.05, 0) is 37.1 Å². The Morgan fingerprint density at radius 3 is 2.77 bits per heavy atom. The van der Waals surface area contributed by atoms with E-state index in [9.17, 15) is 4.79 Å².